The molecule has 0 unspecified atom stereocenters. The number of benzene rings is 1. The van der Waals surface area contributed by atoms with E-state index < -0.39 is 0 Å². The fourth-order valence-electron chi connectivity index (χ4n) is 1.67. The molecule has 6 heteroatoms. The predicted octanol–water partition coefficient (Wildman–Crippen LogP) is 3.12. The van der Waals surface area contributed by atoms with E-state index in [1.807, 2.05) is 0 Å². The number of methoxy groups -OCH3 is 1. The highest BCUT2D eigenvalue weighted by Gasteiger charge is 1.97. The predicted molar refractivity (Wildman–Crippen MR) is 103 cm³/mol. The zero-order valence-corrected chi connectivity index (χ0v) is 16.2. The molecule has 0 bridgehead atoms. The summed E-state index contributed by atoms with van der Waals surface area (Å²) >= 11 is 1.75. The van der Waals surface area contributed by atoms with Crippen LogP contribution < -0.4 is 10.6 Å². The highest BCUT2D eigenvalue weighted by Crippen LogP contribution is 2.15. The Morgan fingerprint density at radius 3 is 2.52 bits per heavy atom. The van der Waals surface area contributed by atoms with E-state index in [4.69, 9.17) is 4.74 Å². The van der Waals surface area contributed by atoms with Crippen LogP contribution in [0.5, 0.6) is 0 Å². The number of guanidine groups is 1. The Balaban J connectivity index is 0.00000400. The van der Waals surface area contributed by atoms with Gasteiger partial charge in [0.2, 0.25) is 0 Å². The largest absolute Gasteiger partial charge is 0.385 e. The fourth-order valence-corrected chi connectivity index (χ4v) is 2.07. The average molecular weight is 423 g/mol. The van der Waals surface area contributed by atoms with Gasteiger partial charge in [0.1, 0.15) is 0 Å². The summed E-state index contributed by atoms with van der Waals surface area (Å²) in [7, 11) is 1.72. The summed E-state index contributed by atoms with van der Waals surface area (Å²) in [5, 5.41) is 6.55. The maximum atomic E-state index is 5.03. The second kappa shape index (κ2) is 13.2. The highest BCUT2D eigenvalue weighted by molar-refractivity contribution is 14.0. The quantitative estimate of drug-likeness (QED) is 0.222. The molecular formula is C15H26IN3OS. The Hall–Kier alpha value is -0.470. The second-order valence-electron chi connectivity index (χ2n) is 4.32. The van der Waals surface area contributed by atoms with Crippen molar-refractivity contribution in [3.63, 3.8) is 0 Å². The molecule has 4 nitrogen and oxygen atoms in total. The van der Waals surface area contributed by atoms with Gasteiger partial charge in [-0.2, -0.15) is 0 Å². The second-order valence-corrected chi connectivity index (χ2v) is 5.20. The number of nitrogens with one attached hydrogen (secondary N) is 2. The first kappa shape index (κ1) is 20.5. The fraction of sp³-hybridized carbons (Fsp3) is 0.533. The summed E-state index contributed by atoms with van der Waals surface area (Å²) in [6.07, 6.45) is 3.06. The van der Waals surface area contributed by atoms with Gasteiger partial charge in [-0.15, -0.1) is 35.7 Å². The van der Waals surface area contributed by atoms with E-state index >= 15 is 0 Å². The van der Waals surface area contributed by atoms with Crippen LogP contribution in [0.2, 0.25) is 0 Å². The van der Waals surface area contributed by atoms with Gasteiger partial charge in [0.25, 0.3) is 0 Å². The highest BCUT2D eigenvalue weighted by atomic mass is 127. The lowest BCUT2D eigenvalue weighted by Gasteiger charge is -2.11. The van der Waals surface area contributed by atoms with Crippen LogP contribution in [-0.4, -0.2) is 39.0 Å². The minimum absolute atomic E-state index is 0. The lowest BCUT2D eigenvalue weighted by molar-refractivity contribution is 0.195. The van der Waals surface area contributed by atoms with E-state index in [0.717, 1.165) is 32.1 Å². The first-order valence-corrected chi connectivity index (χ1v) is 8.16. The molecule has 1 aromatic carbocycles. The summed E-state index contributed by atoms with van der Waals surface area (Å²) < 4.78 is 5.03. The van der Waals surface area contributed by atoms with Gasteiger partial charge < -0.3 is 15.4 Å². The van der Waals surface area contributed by atoms with Crippen molar-refractivity contribution in [2.24, 2.45) is 4.99 Å². The third-order valence-electron chi connectivity index (χ3n) is 2.74. The standard InChI is InChI=1S/C15H25N3OS.HI/c1-4-16-15(17-10-5-11-19-2)18-12-13-6-8-14(20-3)9-7-13;/h6-9H,4-5,10-12H2,1-3H3,(H2,16,17,18);1H. The van der Waals surface area contributed by atoms with Crippen molar-refractivity contribution >= 4 is 41.7 Å². The van der Waals surface area contributed by atoms with Gasteiger partial charge in [-0.1, -0.05) is 12.1 Å². The third kappa shape index (κ3) is 9.21. The van der Waals surface area contributed by atoms with E-state index in [1.54, 1.807) is 18.9 Å². The van der Waals surface area contributed by atoms with Gasteiger partial charge in [-0.05, 0) is 37.3 Å². The number of hydrogen-bond donors (Lipinski definition) is 2. The SMILES string of the molecule is CCNC(=NCc1ccc(SC)cc1)NCCCOC.I. The first-order valence-electron chi connectivity index (χ1n) is 6.94. The lowest BCUT2D eigenvalue weighted by Crippen LogP contribution is -2.38. The number of nitrogens with zero attached hydrogens (tertiary/aromatic N) is 1. The van der Waals surface area contributed by atoms with Crippen molar-refractivity contribution in [1.82, 2.24) is 10.6 Å². The molecule has 1 aromatic rings. The zero-order chi connectivity index (χ0) is 14.6. The number of hydrogen-bond acceptors (Lipinski definition) is 3. The van der Waals surface area contributed by atoms with Crippen LogP contribution in [0.3, 0.4) is 0 Å². The molecule has 0 spiro atoms. The maximum absolute atomic E-state index is 5.03. The van der Waals surface area contributed by atoms with Gasteiger partial charge >= 0.3 is 0 Å². The summed E-state index contributed by atoms with van der Waals surface area (Å²) in [5.41, 5.74) is 1.22. The number of aliphatic imine (C=N–C) groups is 1. The van der Waals surface area contributed by atoms with E-state index in [-0.39, 0.29) is 24.0 Å². The van der Waals surface area contributed by atoms with Crippen molar-refractivity contribution in [1.29, 1.82) is 0 Å². The lowest BCUT2D eigenvalue weighted by atomic mass is 10.2. The summed E-state index contributed by atoms with van der Waals surface area (Å²) in [6, 6.07) is 8.52. The number of halogens is 1. The van der Waals surface area contributed by atoms with Gasteiger partial charge in [-0.3, -0.25) is 0 Å². The van der Waals surface area contributed by atoms with E-state index in [9.17, 15) is 0 Å². The van der Waals surface area contributed by atoms with Crippen LogP contribution in [0.25, 0.3) is 0 Å². The molecule has 1 rings (SSSR count). The molecule has 0 aliphatic carbocycles. The van der Waals surface area contributed by atoms with Gasteiger partial charge in [-0.25, -0.2) is 4.99 Å². The normalized spacial score (nSPS) is 10.9. The molecule has 0 saturated heterocycles. The smallest absolute Gasteiger partial charge is 0.191 e. The van der Waals surface area contributed by atoms with Crippen LogP contribution in [0, 0.1) is 0 Å². The number of ether oxygens (including phenoxy) is 1. The van der Waals surface area contributed by atoms with Crippen LogP contribution in [-0.2, 0) is 11.3 Å². The average Bonchev–Trinajstić information content (AvgIpc) is 2.49. The summed E-state index contributed by atoms with van der Waals surface area (Å²) in [6.45, 7) is 5.25. The molecule has 0 amide bonds. The number of rotatable bonds is 8. The molecule has 0 saturated carbocycles. The Bertz CT molecular complexity index is 398. The Kier molecular flexibility index (Phi) is 12.9. The van der Waals surface area contributed by atoms with Crippen molar-refractivity contribution in [2.45, 2.75) is 24.8 Å². The van der Waals surface area contributed by atoms with E-state index in [2.05, 4.69) is 53.1 Å². The molecule has 0 radical (unpaired) electrons. The Morgan fingerprint density at radius 1 is 1.24 bits per heavy atom. The monoisotopic (exact) mass is 423 g/mol. The molecule has 0 aliphatic heterocycles. The summed E-state index contributed by atoms with van der Waals surface area (Å²) in [4.78, 5) is 5.86. The van der Waals surface area contributed by atoms with Crippen LogP contribution >= 0.6 is 35.7 Å². The molecular weight excluding hydrogens is 397 g/mol. The van der Waals surface area contributed by atoms with Gasteiger partial charge in [0.15, 0.2) is 5.96 Å². The Labute approximate surface area is 149 Å². The summed E-state index contributed by atoms with van der Waals surface area (Å²) in [5.74, 6) is 0.859. The molecule has 120 valence electrons. The molecule has 0 fully saturated rings. The van der Waals surface area contributed by atoms with Crippen molar-refractivity contribution < 1.29 is 4.74 Å². The topological polar surface area (TPSA) is 45.7 Å². The molecule has 0 heterocycles. The minimum Gasteiger partial charge on any atom is -0.385 e. The molecule has 0 aliphatic rings. The van der Waals surface area contributed by atoms with Crippen LogP contribution in [0.4, 0.5) is 0 Å². The third-order valence-corrected chi connectivity index (χ3v) is 3.48. The van der Waals surface area contributed by atoms with Crippen molar-refractivity contribution in [2.75, 3.05) is 33.1 Å². The molecule has 0 aromatic heterocycles. The molecule has 2 N–H and O–H groups in total. The van der Waals surface area contributed by atoms with Gasteiger partial charge in [0, 0.05) is 31.7 Å². The van der Waals surface area contributed by atoms with Gasteiger partial charge in [0.05, 0.1) is 6.54 Å². The molecule has 0 atom stereocenters. The van der Waals surface area contributed by atoms with Crippen LogP contribution in [0.1, 0.15) is 18.9 Å². The van der Waals surface area contributed by atoms with E-state index in [1.165, 1.54) is 10.5 Å². The molecule has 21 heavy (non-hydrogen) atoms. The van der Waals surface area contributed by atoms with Crippen molar-refractivity contribution in [3.05, 3.63) is 29.8 Å². The van der Waals surface area contributed by atoms with E-state index in [0.29, 0.717) is 6.54 Å². The maximum Gasteiger partial charge on any atom is 0.191 e. The Morgan fingerprint density at radius 2 is 1.95 bits per heavy atom. The first-order chi connectivity index (χ1) is 9.80. The zero-order valence-electron chi connectivity index (χ0n) is 13.0. The van der Waals surface area contributed by atoms with Crippen LogP contribution in [0.15, 0.2) is 34.2 Å². The minimum atomic E-state index is 0. The van der Waals surface area contributed by atoms with Crippen molar-refractivity contribution in [3.8, 4) is 0 Å². The number of thioether (sulfide) groups is 1.